The lowest BCUT2D eigenvalue weighted by Crippen LogP contribution is -2.07. The van der Waals surface area contributed by atoms with Gasteiger partial charge >= 0.3 is 0 Å². The number of pyridine rings is 1. The average molecular weight is 406 g/mol. The zero-order valence-electron chi connectivity index (χ0n) is 16.7. The molecule has 0 spiro atoms. The van der Waals surface area contributed by atoms with E-state index in [-0.39, 0.29) is 0 Å². The molecule has 4 aromatic rings. The van der Waals surface area contributed by atoms with Crippen LogP contribution in [-0.2, 0) is 19.3 Å². The van der Waals surface area contributed by atoms with Gasteiger partial charge in [-0.15, -0.1) is 11.3 Å². The molecule has 29 heavy (non-hydrogen) atoms. The number of hydrogen-bond acceptors (Lipinski definition) is 7. The Balaban J connectivity index is 1.43. The molecule has 0 aliphatic heterocycles. The Bertz CT molecular complexity index is 1150. The van der Waals surface area contributed by atoms with Crippen LogP contribution in [0.1, 0.15) is 40.3 Å². The second kappa shape index (κ2) is 7.55. The van der Waals surface area contributed by atoms with Crippen LogP contribution in [0, 0.1) is 13.8 Å². The maximum absolute atomic E-state index is 5.28. The van der Waals surface area contributed by atoms with Crippen LogP contribution >= 0.6 is 11.3 Å². The molecule has 7 heteroatoms. The fourth-order valence-corrected chi connectivity index (χ4v) is 5.34. The van der Waals surface area contributed by atoms with Gasteiger partial charge in [-0.2, -0.15) is 0 Å². The van der Waals surface area contributed by atoms with Crippen molar-refractivity contribution < 1.29 is 4.52 Å². The second-order valence-corrected chi connectivity index (χ2v) is 8.59. The summed E-state index contributed by atoms with van der Waals surface area (Å²) in [5, 5.41) is 8.87. The third-order valence-electron chi connectivity index (χ3n) is 5.56. The first-order valence-electron chi connectivity index (χ1n) is 10.1. The fraction of sp³-hybridized carbons (Fsp3) is 0.364. The molecule has 0 bridgehead atoms. The van der Waals surface area contributed by atoms with Crippen molar-refractivity contribution in [3.05, 3.63) is 52.0 Å². The van der Waals surface area contributed by atoms with Crippen molar-refractivity contribution in [2.75, 3.05) is 11.9 Å². The van der Waals surface area contributed by atoms with E-state index in [1.807, 2.05) is 43.5 Å². The van der Waals surface area contributed by atoms with E-state index in [9.17, 15) is 0 Å². The largest absolute Gasteiger partial charge is 0.369 e. The van der Waals surface area contributed by atoms with E-state index in [4.69, 9.17) is 14.5 Å². The Labute approximate surface area is 173 Å². The highest BCUT2D eigenvalue weighted by Gasteiger charge is 2.22. The molecule has 0 saturated heterocycles. The number of nitrogens with zero attached hydrogens (tertiary/aromatic N) is 4. The number of nitrogens with one attached hydrogen (secondary N) is 1. The number of hydrogen-bond donors (Lipinski definition) is 1. The first-order valence-corrected chi connectivity index (χ1v) is 10.9. The van der Waals surface area contributed by atoms with Gasteiger partial charge in [-0.25, -0.2) is 9.97 Å². The minimum absolute atomic E-state index is 0.735. The van der Waals surface area contributed by atoms with Crippen LogP contribution in [0.3, 0.4) is 0 Å². The highest BCUT2D eigenvalue weighted by Crippen LogP contribution is 2.40. The van der Waals surface area contributed by atoms with Crippen LogP contribution in [0.2, 0.25) is 0 Å². The molecule has 0 amide bonds. The summed E-state index contributed by atoms with van der Waals surface area (Å²) in [4.78, 5) is 16.6. The summed E-state index contributed by atoms with van der Waals surface area (Å²) in [6.07, 6.45) is 9.04. The quantitative estimate of drug-likeness (QED) is 0.460. The van der Waals surface area contributed by atoms with Crippen LogP contribution in [0.5, 0.6) is 0 Å². The molecule has 0 radical (unpaired) electrons. The Morgan fingerprint density at radius 1 is 1.21 bits per heavy atom. The Hall–Kier alpha value is -2.80. The van der Waals surface area contributed by atoms with Gasteiger partial charge in [-0.05, 0) is 63.6 Å². The summed E-state index contributed by atoms with van der Waals surface area (Å²) >= 11 is 1.82. The number of aryl methyl sites for hydroxylation is 4. The molecule has 148 valence electrons. The number of fused-ring (bicyclic) bond motifs is 3. The minimum Gasteiger partial charge on any atom is -0.369 e. The number of thiophene rings is 1. The zero-order chi connectivity index (χ0) is 19.8. The predicted molar refractivity (Wildman–Crippen MR) is 115 cm³/mol. The van der Waals surface area contributed by atoms with Crippen molar-refractivity contribution in [1.82, 2.24) is 20.1 Å². The third-order valence-corrected chi connectivity index (χ3v) is 6.75. The standard InChI is InChI=1S/C22H23N5OS/c1-13-16(14(2)28-27-13)8-5-11-24-21-19-17-7-3-9-18(17)29-22(19)26-20(25-21)15-6-4-10-23-12-15/h4,6,10,12H,3,5,7-9,11H2,1-2H3,(H,24,25,26). The molecule has 0 unspecified atom stereocenters. The number of rotatable bonds is 6. The molecule has 0 atom stereocenters. The Morgan fingerprint density at radius 3 is 2.93 bits per heavy atom. The summed E-state index contributed by atoms with van der Waals surface area (Å²) in [5.74, 6) is 2.60. The van der Waals surface area contributed by atoms with E-state index < -0.39 is 0 Å². The van der Waals surface area contributed by atoms with E-state index in [1.54, 1.807) is 6.20 Å². The van der Waals surface area contributed by atoms with Gasteiger partial charge < -0.3 is 9.84 Å². The van der Waals surface area contributed by atoms with E-state index >= 15 is 0 Å². The zero-order valence-corrected chi connectivity index (χ0v) is 17.5. The fourth-order valence-electron chi connectivity index (χ4n) is 4.08. The SMILES string of the molecule is Cc1noc(C)c1CCCNc1nc(-c2cccnc2)nc2sc3c(c12)CCC3. The van der Waals surface area contributed by atoms with Crippen LogP contribution in [-0.4, -0.2) is 26.7 Å². The summed E-state index contributed by atoms with van der Waals surface area (Å²) in [6.45, 7) is 4.82. The van der Waals surface area contributed by atoms with Crippen LogP contribution in [0.15, 0.2) is 29.0 Å². The molecular formula is C22H23N5OS. The number of aromatic nitrogens is 4. The maximum atomic E-state index is 5.28. The topological polar surface area (TPSA) is 76.7 Å². The lowest BCUT2D eigenvalue weighted by molar-refractivity contribution is 0.392. The molecule has 1 aliphatic carbocycles. The molecule has 1 aliphatic rings. The van der Waals surface area contributed by atoms with Gasteiger partial charge in [0.2, 0.25) is 0 Å². The van der Waals surface area contributed by atoms with Crippen molar-refractivity contribution in [2.45, 2.75) is 46.0 Å². The van der Waals surface area contributed by atoms with Crippen LogP contribution < -0.4 is 5.32 Å². The van der Waals surface area contributed by atoms with Gasteiger partial charge in [-0.1, -0.05) is 5.16 Å². The van der Waals surface area contributed by atoms with E-state index in [0.29, 0.717) is 0 Å². The highest BCUT2D eigenvalue weighted by molar-refractivity contribution is 7.19. The van der Waals surface area contributed by atoms with Crippen molar-refractivity contribution in [3.8, 4) is 11.4 Å². The molecule has 0 fully saturated rings. The van der Waals surface area contributed by atoms with Gasteiger partial charge in [0.25, 0.3) is 0 Å². The van der Waals surface area contributed by atoms with Gasteiger partial charge in [0.05, 0.1) is 11.1 Å². The first-order chi connectivity index (χ1) is 14.2. The number of anilines is 1. The highest BCUT2D eigenvalue weighted by atomic mass is 32.1. The molecule has 1 N–H and O–H groups in total. The predicted octanol–water partition coefficient (Wildman–Crippen LogP) is 4.89. The first kappa shape index (κ1) is 18.2. The monoisotopic (exact) mass is 405 g/mol. The average Bonchev–Trinajstić information content (AvgIpc) is 3.41. The summed E-state index contributed by atoms with van der Waals surface area (Å²) < 4.78 is 5.28. The second-order valence-electron chi connectivity index (χ2n) is 7.51. The smallest absolute Gasteiger partial charge is 0.164 e. The van der Waals surface area contributed by atoms with Gasteiger partial charge in [-0.3, -0.25) is 4.98 Å². The van der Waals surface area contributed by atoms with Gasteiger partial charge in [0.1, 0.15) is 16.4 Å². The molecule has 4 aromatic heterocycles. The van der Waals surface area contributed by atoms with Crippen LogP contribution in [0.4, 0.5) is 5.82 Å². The van der Waals surface area contributed by atoms with E-state index in [2.05, 4.69) is 15.5 Å². The summed E-state index contributed by atoms with van der Waals surface area (Å²) in [7, 11) is 0. The van der Waals surface area contributed by atoms with Gasteiger partial charge in [0, 0.05) is 34.9 Å². The van der Waals surface area contributed by atoms with Crippen LogP contribution in [0.25, 0.3) is 21.6 Å². The molecule has 5 rings (SSSR count). The van der Waals surface area contributed by atoms with E-state index in [1.165, 1.54) is 27.8 Å². The molecule has 0 aromatic carbocycles. The Morgan fingerprint density at radius 2 is 2.14 bits per heavy atom. The van der Waals surface area contributed by atoms with Gasteiger partial charge in [0.15, 0.2) is 5.82 Å². The summed E-state index contributed by atoms with van der Waals surface area (Å²) in [5.41, 5.74) is 4.59. The molecular weight excluding hydrogens is 382 g/mol. The van der Waals surface area contributed by atoms with Crippen molar-refractivity contribution in [2.24, 2.45) is 0 Å². The van der Waals surface area contributed by atoms with Crippen molar-refractivity contribution in [3.63, 3.8) is 0 Å². The lowest BCUT2D eigenvalue weighted by atomic mass is 10.1. The Kier molecular flexibility index (Phi) is 4.75. The van der Waals surface area contributed by atoms with E-state index in [0.717, 1.165) is 65.7 Å². The lowest BCUT2D eigenvalue weighted by Gasteiger charge is -2.10. The molecule has 4 heterocycles. The maximum Gasteiger partial charge on any atom is 0.164 e. The summed E-state index contributed by atoms with van der Waals surface area (Å²) in [6, 6.07) is 3.94. The van der Waals surface area contributed by atoms with Crippen molar-refractivity contribution >= 4 is 27.4 Å². The normalized spacial score (nSPS) is 13.2. The molecule has 6 nitrogen and oxygen atoms in total. The van der Waals surface area contributed by atoms with Crippen molar-refractivity contribution in [1.29, 1.82) is 0 Å². The third kappa shape index (κ3) is 3.40. The molecule has 0 saturated carbocycles. The minimum atomic E-state index is 0.735.